The van der Waals surface area contributed by atoms with Gasteiger partial charge < -0.3 is 10.6 Å². The molecule has 0 bridgehead atoms. The number of hydrogen-bond donors (Lipinski definition) is 1. The van der Waals surface area contributed by atoms with Crippen LogP contribution in [0.25, 0.3) is 0 Å². The number of nitrogens with zero attached hydrogens (tertiary/aromatic N) is 1. The van der Waals surface area contributed by atoms with E-state index in [1.165, 1.54) is 0 Å². The van der Waals surface area contributed by atoms with Crippen LogP contribution in [0.4, 0.5) is 5.69 Å². The van der Waals surface area contributed by atoms with Gasteiger partial charge in [0.05, 0.1) is 0 Å². The van der Waals surface area contributed by atoms with Gasteiger partial charge in [-0.1, -0.05) is 25.4 Å². The fourth-order valence-electron chi connectivity index (χ4n) is 1.73. The Morgan fingerprint density at radius 2 is 1.94 bits per heavy atom. The molecular formula is C14H21ClN2O. The molecule has 1 rings (SSSR count). The van der Waals surface area contributed by atoms with Crippen LogP contribution in [-0.4, -0.2) is 19.0 Å². The minimum absolute atomic E-state index is 0.140. The first kappa shape index (κ1) is 15.0. The van der Waals surface area contributed by atoms with Gasteiger partial charge in [-0.3, -0.25) is 4.79 Å². The van der Waals surface area contributed by atoms with Gasteiger partial charge >= 0.3 is 0 Å². The molecule has 0 aromatic heterocycles. The number of hydrogen-bond acceptors (Lipinski definition) is 2. The third kappa shape index (κ3) is 4.67. The smallest absolute Gasteiger partial charge is 0.227 e. The first-order valence-corrected chi connectivity index (χ1v) is 6.68. The molecule has 0 spiro atoms. The van der Waals surface area contributed by atoms with Crippen molar-refractivity contribution in [2.45, 2.75) is 26.7 Å². The second kappa shape index (κ2) is 7.39. The molecule has 100 valence electrons. The zero-order chi connectivity index (χ0) is 13.5. The molecule has 0 radical (unpaired) electrons. The van der Waals surface area contributed by atoms with E-state index in [0.717, 1.165) is 12.1 Å². The van der Waals surface area contributed by atoms with Gasteiger partial charge in [0.25, 0.3) is 0 Å². The van der Waals surface area contributed by atoms with Crippen LogP contribution < -0.4 is 10.6 Å². The van der Waals surface area contributed by atoms with E-state index in [1.54, 1.807) is 17.0 Å². The fourth-order valence-corrected chi connectivity index (χ4v) is 1.85. The number of nitrogens with two attached hydrogens (primary N) is 1. The van der Waals surface area contributed by atoms with Crippen molar-refractivity contribution >= 4 is 23.2 Å². The third-order valence-corrected chi connectivity index (χ3v) is 2.86. The summed E-state index contributed by atoms with van der Waals surface area (Å²) in [5.74, 6) is 0.492. The van der Waals surface area contributed by atoms with Crippen LogP contribution in [-0.2, 0) is 4.79 Å². The van der Waals surface area contributed by atoms with Crippen molar-refractivity contribution in [3.63, 3.8) is 0 Å². The van der Waals surface area contributed by atoms with Gasteiger partial charge in [0.1, 0.15) is 0 Å². The zero-order valence-corrected chi connectivity index (χ0v) is 11.8. The highest BCUT2D eigenvalue weighted by Gasteiger charge is 2.16. The van der Waals surface area contributed by atoms with E-state index < -0.39 is 0 Å². The van der Waals surface area contributed by atoms with Gasteiger partial charge in [-0.05, 0) is 43.1 Å². The Kier molecular flexibility index (Phi) is 6.16. The number of carbonyl (C=O) groups is 1. The Morgan fingerprint density at radius 3 is 2.44 bits per heavy atom. The summed E-state index contributed by atoms with van der Waals surface area (Å²) < 4.78 is 0. The van der Waals surface area contributed by atoms with E-state index in [0.29, 0.717) is 30.5 Å². The predicted octanol–water partition coefficient (Wildman–Crippen LogP) is 3.07. The number of carbonyl (C=O) groups excluding carboxylic acids is 1. The first-order valence-electron chi connectivity index (χ1n) is 6.30. The second-order valence-electron chi connectivity index (χ2n) is 4.76. The molecule has 0 aliphatic carbocycles. The van der Waals surface area contributed by atoms with E-state index in [4.69, 9.17) is 17.3 Å². The maximum atomic E-state index is 12.2. The lowest BCUT2D eigenvalue weighted by Gasteiger charge is -2.23. The van der Waals surface area contributed by atoms with Crippen LogP contribution in [0.15, 0.2) is 24.3 Å². The normalized spacial score (nSPS) is 10.7. The van der Waals surface area contributed by atoms with Crippen molar-refractivity contribution in [2.24, 2.45) is 11.7 Å². The van der Waals surface area contributed by atoms with Crippen LogP contribution in [0, 0.1) is 5.92 Å². The van der Waals surface area contributed by atoms with Crippen LogP contribution >= 0.6 is 11.6 Å². The molecule has 0 unspecified atom stereocenters. The summed E-state index contributed by atoms with van der Waals surface area (Å²) in [7, 11) is 0. The van der Waals surface area contributed by atoms with Crippen molar-refractivity contribution < 1.29 is 4.79 Å². The van der Waals surface area contributed by atoms with Gasteiger partial charge in [0, 0.05) is 23.7 Å². The molecule has 0 atom stereocenters. The molecule has 0 aliphatic heterocycles. The zero-order valence-electron chi connectivity index (χ0n) is 11.0. The Balaban J connectivity index is 2.83. The topological polar surface area (TPSA) is 46.3 Å². The summed E-state index contributed by atoms with van der Waals surface area (Å²) in [6, 6.07) is 7.35. The highest BCUT2D eigenvalue weighted by atomic mass is 35.5. The summed E-state index contributed by atoms with van der Waals surface area (Å²) in [5, 5.41) is 0.675. The van der Waals surface area contributed by atoms with Crippen molar-refractivity contribution in [3.05, 3.63) is 29.3 Å². The van der Waals surface area contributed by atoms with Crippen molar-refractivity contribution in [2.75, 3.05) is 18.0 Å². The minimum atomic E-state index is 0.140. The Bertz CT molecular complexity index is 376. The lowest BCUT2D eigenvalue weighted by molar-refractivity contribution is -0.119. The standard InChI is InChI=1S/C14H21ClN2O/c1-11(2)10-14(18)17(9-3-8-16)13-6-4-12(15)5-7-13/h4-7,11H,3,8-10,16H2,1-2H3. The number of anilines is 1. The molecule has 1 amide bonds. The van der Waals surface area contributed by atoms with Crippen molar-refractivity contribution in [3.8, 4) is 0 Å². The molecule has 4 heteroatoms. The van der Waals surface area contributed by atoms with Crippen molar-refractivity contribution in [1.82, 2.24) is 0 Å². The Labute approximate surface area is 114 Å². The quantitative estimate of drug-likeness (QED) is 0.862. The lowest BCUT2D eigenvalue weighted by Crippen LogP contribution is -2.33. The van der Waals surface area contributed by atoms with Crippen LogP contribution in [0.5, 0.6) is 0 Å². The molecule has 0 saturated carbocycles. The highest BCUT2D eigenvalue weighted by molar-refractivity contribution is 6.30. The minimum Gasteiger partial charge on any atom is -0.330 e. The molecule has 3 nitrogen and oxygen atoms in total. The first-order chi connectivity index (χ1) is 8.54. The maximum absolute atomic E-state index is 12.2. The van der Waals surface area contributed by atoms with E-state index in [9.17, 15) is 4.79 Å². The summed E-state index contributed by atoms with van der Waals surface area (Å²) in [5.41, 5.74) is 6.41. The van der Waals surface area contributed by atoms with E-state index in [-0.39, 0.29) is 5.91 Å². The molecule has 0 aliphatic rings. The molecular weight excluding hydrogens is 248 g/mol. The molecule has 1 aromatic carbocycles. The fraction of sp³-hybridized carbons (Fsp3) is 0.500. The van der Waals surface area contributed by atoms with Crippen LogP contribution in [0.3, 0.4) is 0 Å². The number of rotatable bonds is 6. The summed E-state index contributed by atoms with van der Waals surface area (Å²) in [6.07, 6.45) is 1.35. The Hall–Kier alpha value is -1.06. The van der Waals surface area contributed by atoms with E-state index >= 15 is 0 Å². The summed E-state index contributed by atoms with van der Waals surface area (Å²) in [4.78, 5) is 14.0. The lowest BCUT2D eigenvalue weighted by atomic mass is 10.1. The van der Waals surface area contributed by atoms with Gasteiger partial charge in [0.15, 0.2) is 0 Å². The maximum Gasteiger partial charge on any atom is 0.227 e. The van der Waals surface area contributed by atoms with Gasteiger partial charge in [-0.25, -0.2) is 0 Å². The summed E-state index contributed by atoms with van der Waals surface area (Å²) >= 11 is 5.86. The van der Waals surface area contributed by atoms with E-state index in [1.807, 2.05) is 26.0 Å². The average molecular weight is 269 g/mol. The molecule has 2 N–H and O–H groups in total. The van der Waals surface area contributed by atoms with Crippen LogP contribution in [0.1, 0.15) is 26.7 Å². The largest absolute Gasteiger partial charge is 0.330 e. The monoisotopic (exact) mass is 268 g/mol. The molecule has 0 fully saturated rings. The number of benzene rings is 1. The molecule has 0 heterocycles. The second-order valence-corrected chi connectivity index (χ2v) is 5.20. The Morgan fingerprint density at radius 1 is 1.33 bits per heavy atom. The summed E-state index contributed by atoms with van der Waals surface area (Å²) in [6.45, 7) is 5.32. The van der Waals surface area contributed by atoms with Gasteiger partial charge in [-0.2, -0.15) is 0 Å². The van der Waals surface area contributed by atoms with Crippen molar-refractivity contribution in [1.29, 1.82) is 0 Å². The predicted molar refractivity (Wildman–Crippen MR) is 76.9 cm³/mol. The highest BCUT2D eigenvalue weighted by Crippen LogP contribution is 2.20. The molecule has 1 aromatic rings. The van der Waals surface area contributed by atoms with Gasteiger partial charge in [-0.15, -0.1) is 0 Å². The van der Waals surface area contributed by atoms with Gasteiger partial charge in [0.2, 0.25) is 5.91 Å². The number of amides is 1. The number of halogens is 1. The average Bonchev–Trinajstić information content (AvgIpc) is 2.31. The van der Waals surface area contributed by atoms with Crippen LogP contribution in [0.2, 0.25) is 5.02 Å². The SMILES string of the molecule is CC(C)CC(=O)N(CCCN)c1ccc(Cl)cc1. The molecule has 18 heavy (non-hydrogen) atoms. The molecule has 0 saturated heterocycles. The van der Waals surface area contributed by atoms with E-state index in [2.05, 4.69) is 0 Å². The third-order valence-electron chi connectivity index (χ3n) is 2.61.